The van der Waals surface area contributed by atoms with Crippen LogP contribution in [0.4, 0.5) is 0 Å². The summed E-state index contributed by atoms with van der Waals surface area (Å²) in [6.45, 7) is 2.31. The molecule has 0 radical (unpaired) electrons. The minimum atomic E-state index is -2.34. The molecule has 0 aromatic carbocycles. The SMILES string of the molecule is CC(CCN)S(C)(=N)=O. The average molecular weight is 150 g/mol. The minimum Gasteiger partial charge on any atom is -0.330 e. The smallest absolute Gasteiger partial charge is 0.0439 e. The summed E-state index contributed by atoms with van der Waals surface area (Å²) in [6, 6.07) is 0. The van der Waals surface area contributed by atoms with Crippen molar-refractivity contribution in [2.75, 3.05) is 12.8 Å². The van der Waals surface area contributed by atoms with Crippen LogP contribution in [0.5, 0.6) is 0 Å². The van der Waals surface area contributed by atoms with E-state index < -0.39 is 9.73 Å². The van der Waals surface area contributed by atoms with E-state index in [1.54, 1.807) is 6.92 Å². The third-order valence-corrected chi connectivity index (χ3v) is 3.11. The largest absolute Gasteiger partial charge is 0.330 e. The monoisotopic (exact) mass is 150 g/mol. The molecule has 0 fully saturated rings. The van der Waals surface area contributed by atoms with Gasteiger partial charge in [-0.1, -0.05) is 0 Å². The standard InChI is InChI=1S/C5H14N2OS/c1-5(3-4-6)9(2,7)8/h5,7H,3-4,6H2,1-2H3. The molecule has 3 nitrogen and oxygen atoms in total. The maximum Gasteiger partial charge on any atom is 0.0439 e. The lowest BCUT2D eigenvalue weighted by Crippen LogP contribution is -2.18. The molecule has 3 N–H and O–H groups in total. The van der Waals surface area contributed by atoms with Gasteiger partial charge in [-0.05, 0) is 19.9 Å². The van der Waals surface area contributed by atoms with Gasteiger partial charge in [-0.3, -0.25) is 4.78 Å². The molecule has 0 aromatic rings. The van der Waals surface area contributed by atoms with E-state index in [0.717, 1.165) is 0 Å². The van der Waals surface area contributed by atoms with E-state index in [1.807, 2.05) is 0 Å². The van der Waals surface area contributed by atoms with E-state index in [9.17, 15) is 4.21 Å². The van der Waals surface area contributed by atoms with Gasteiger partial charge < -0.3 is 5.73 Å². The minimum absolute atomic E-state index is 0.0671. The second-order valence-electron chi connectivity index (χ2n) is 2.29. The number of hydrogen-bond acceptors (Lipinski definition) is 3. The Hall–Kier alpha value is -0.0900. The highest BCUT2D eigenvalue weighted by Gasteiger charge is 2.08. The molecule has 0 amide bonds. The first-order valence-electron chi connectivity index (χ1n) is 2.91. The van der Waals surface area contributed by atoms with Crippen LogP contribution in [0.1, 0.15) is 13.3 Å². The molecule has 2 unspecified atom stereocenters. The Bertz CT molecular complexity index is 162. The molecule has 4 heteroatoms. The Morgan fingerprint density at radius 1 is 1.78 bits per heavy atom. The van der Waals surface area contributed by atoms with E-state index in [2.05, 4.69) is 0 Å². The van der Waals surface area contributed by atoms with Gasteiger partial charge in [-0.2, -0.15) is 0 Å². The zero-order valence-electron chi connectivity index (χ0n) is 5.89. The number of hydrogen-bond donors (Lipinski definition) is 2. The fourth-order valence-corrected chi connectivity index (χ4v) is 1.05. The Balaban J connectivity index is 3.90. The van der Waals surface area contributed by atoms with Gasteiger partial charge in [-0.15, -0.1) is 0 Å². The molecule has 0 aliphatic rings. The molecule has 2 atom stereocenters. The Morgan fingerprint density at radius 3 is 2.33 bits per heavy atom. The molecule has 0 rings (SSSR count). The van der Waals surface area contributed by atoms with Gasteiger partial charge in [0.25, 0.3) is 0 Å². The van der Waals surface area contributed by atoms with Crippen molar-refractivity contribution in [3.05, 3.63) is 0 Å². The van der Waals surface area contributed by atoms with Crippen molar-refractivity contribution in [2.24, 2.45) is 5.73 Å². The summed E-state index contributed by atoms with van der Waals surface area (Å²) in [5.74, 6) is 0. The lowest BCUT2D eigenvalue weighted by molar-refractivity contribution is 0.661. The summed E-state index contributed by atoms with van der Waals surface area (Å²) in [5.41, 5.74) is 5.22. The lowest BCUT2D eigenvalue weighted by atomic mass is 10.3. The molecule has 0 heterocycles. The van der Waals surface area contributed by atoms with Gasteiger partial charge in [0.15, 0.2) is 0 Å². The van der Waals surface area contributed by atoms with Gasteiger partial charge in [0, 0.05) is 21.2 Å². The molecule has 0 aliphatic carbocycles. The van der Waals surface area contributed by atoms with E-state index in [-0.39, 0.29) is 5.25 Å². The normalized spacial score (nSPS) is 20.8. The molecule has 0 aliphatic heterocycles. The molecular weight excluding hydrogens is 136 g/mol. The maximum atomic E-state index is 10.9. The summed E-state index contributed by atoms with van der Waals surface area (Å²) >= 11 is 0. The highest BCUT2D eigenvalue weighted by Crippen LogP contribution is 2.01. The molecule has 56 valence electrons. The van der Waals surface area contributed by atoms with Gasteiger partial charge in [0.1, 0.15) is 0 Å². The average Bonchev–Trinajstić information content (AvgIpc) is 1.64. The molecule has 0 saturated carbocycles. The van der Waals surface area contributed by atoms with Crippen molar-refractivity contribution in [2.45, 2.75) is 18.6 Å². The number of rotatable bonds is 3. The van der Waals surface area contributed by atoms with E-state index >= 15 is 0 Å². The van der Waals surface area contributed by atoms with Gasteiger partial charge >= 0.3 is 0 Å². The third kappa shape index (κ3) is 3.48. The number of nitrogens with two attached hydrogens (primary N) is 1. The summed E-state index contributed by atoms with van der Waals surface area (Å²) in [7, 11) is -2.34. The fraction of sp³-hybridized carbons (Fsp3) is 1.00. The van der Waals surface area contributed by atoms with Crippen LogP contribution in [-0.4, -0.2) is 22.3 Å². The first kappa shape index (κ1) is 8.91. The van der Waals surface area contributed by atoms with Crippen LogP contribution in [0, 0.1) is 4.78 Å². The fourth-order valence-electron chi connectivity index (χ4n) is 0.460. The molecule has 0 bridgehead atoms. The van der Waals surface area contributed by atoms with Crippen molar-refractivity contribution in [3.8, 4) is 0 Å². The highest BCUT2D eigenvalue weighted by atomic mass is 32.2. The van der Waals surface area contributed by atoms with Crippen LogP contribution in [-0.2, 0) is 9.73 Å². The summed E-state index contributed by atoms with van der Waals surface area (Å²) in [4.78, 5) is 0. The van der Waals surface area contributed by atoms with Crippen LogP contribution in [0.15, 0.2) is 0 Å². The van der Waals surface area contributed by atoms with E-state index in [0.29, 0.717) is 13.0 Å². The topological polar surface area (TPSA) is 66.9 Å². The van der Waals surface area contributed by atoms with Crippen LogP contribution in [0.2, 0.25) is 0 Å². The Labute approximate surface area is 56.6 Å². The second kappa shape index (κ2) is 3.17. The van der Waals surface area contributed by atoms with Crippen LogP contribution in [0.25, 0.3) is 0 Å². The predicted octanol–water partition coefficient (Wildman–Crippen LogP) is 0.400. The van der Waals surface area contributed by atoms with Crippen molar-refractivity contribution >= 4 is 9.73 Å². The van der Waals surface area contributed by atoms with Gasteiger partial charge in [0.2, 0.25) is 0 Å². The predicted molar refractivity (Wildman–Crippen MR) is 39.9 cm³/mol. The molecular formula is C5H14N2OS. The quantitative estimate of drug-likeness (QED) is 0.611. The summed E-state index contributed by atoms with van der Waals surface area (Å²) in [5, 5.41) is -0.0671. The van der Waals surface area contributed by atoms with Crippen molar-refractivity contribution in [3.63, 3.8) is 0 Å². The number of nitrogens with one attached hydrogen (secondary N) is 1. The van der Waals surface area contributed by atoms with Crippen molar-refractivity contribution in [1.82, 2.24) is 0 Å². The lowest BCUT2D eigenvalue weighted by Gasteiger charge is -2.08. The van der Waals surface area contributed by atoms with Crippen LogP contribution >= 0.6 is 0 Å². The summed E-state index contributed by atoms with van der Waals surface area (Å²) < 4.78 is 18.0. The van der Waals surface area contributed by atoms with Crippen molar-refractivity contribution in [1.29, 1.82) is 4.78 Å². The summed E-state index contributed by atoms with van der Waals surface area (Å²) in [6.07, 6.45) is 2.13. The molecule has 0 spiro atoms. The highest BCUT2D eigenvalue weighted by molar-refractivity contribution is 7.92. The molecule has 0 aromatic heterocycles. The van der Waals surface area contributed by atoms with Crippen LogP contribution < -0.4 is 5.73 Å². The first-order valence-corrected chi connectivity index (χ1v) is 4.94. The molecule has 0 saturated heterocycles. The van der Waals surface area contributed by atoms with E-state index in [1.165, 1.54) is 6.26 Å². The first-order chi connectivity index (χ1) is 3.98. The third-order valence-electron chi connectivity index (χ3n) is 1.34. The van der Waals surface area contributed by atoms with Crippen molar-refractivity contribution < 1.29 is 4.21 Å². The zero-order chi connectivity index (χ0) is 7.49. The zero-order valence-corrected chi connectivity index (χ0v) is 6.70. The van der Waals surface area contributed by atoms with Crippen LogP contribution in [0.3, 0.4) is 0 Å². The Kier molecular flexibility index (Phi) is 3.14. The van der Waals surface area contributed by atoms with Gasteiger partial charge in [0.05, 0.1) is 0 Å². The Morgan fingerprint density at radius 2 is 2.22 bits per heavy atom. The molecule has 9 heavy (non-hydrogen) atoms. The maximum absolute atomic E-state index is 10.9. The second-order valence-corrected chi connectivity index (χ2v) is 4.90. The van der Waals surface area contributed by atoms with Gasteiger partial charge in [-0.25, -0.2) is 4.21 Å². The van der Waals surface area contributed by atoms with E-state index in [4.69, 9.17) is 10.5 Å².